The van der Waals surface area contributed by atoms with E-state index in [0.29, 0.717) is 6.61 Å². The quantitative estimate of drug-likeness (QED) is 0.625. The molecule has 1 aromatic heterocycles. The van der Waals surface area contributed by atoms with Crippen LogP contribution in [0.1, 0.15) is 12.1 Å². The van der Waals surface area contributed by atoms with Gasteiger partial charge in [-0.15, -0.1) is 0 Å². The van der Waals surface area contributed by atoms with Crippen LogP contribution in [0.4, 0.5) is 4.79 Å². The van der Waals surface area contributed by atoms with Gasteiger partial charge in [0.2, 0.25) is 0 Å². The summed E-state index contributed by atoms with van der Waals surface area (Å²) < 4.78 is 3.00. The molecule has 0 bridgehead atoms. The van der Waals surface area contributed by atoms with Gasteiger partial charge in [-0.05, 0) is 37.1 Å². The number of carbonyl (C=O) groups is 1. The lowest BCUT2D eigenvalue weighted by Crippen LogP contribution is -2.29. The van der Waals surface area contributed by atoms with E-state index in [1.54, 1.807) is 6.33 Å². The molecule has 1 aromatic carbocycles. The summed E-state index contributed by atoms with van der Waals surface area (Å²) in [5, 5.41) is 0. The van der Waals surface area contributed by atoms with Gasteiger partial charge in [-0.2, -0.15) is 0 Å². The number of nitrogens with one attached hydrogen (secondary N) is 1. The standard InChI is InChI=1S/C13H15BrN4O2/c14-10-3-5-12(6-4-10)18-8-11(16-9-18)2-1-7-20-17-13(15)19/h3-6,8-9H,1-2,7H2,(H3,15,17,19). The molecule has 2 aromatic rings. The van der Waals surface area contributed by atoms with E-state index in [-0.39, 0.29) is 0 Å². The smallest absolute Gasteiger partial charge is 0.336 e. The Kier molecular flexibility index (Phi) is 5.14. The van der Waals surface area contributed by atoms with Crippen molar-refractivity contribution < 1.29 is 9.63 Å². The fourth-order valence-corrected chi connectivity index (χ4v) is 1.96. The van der Waals surface area contributed by atoms with E-state index in [4.69, 9.17) is 10.6 Å². The summed E-state index contributed by atoms with van der Waals surface area (Å²) >= 11 is 3.40. The number of amides is 2. The predicted octanol–water partition coefficient (Wildman–Crippen LogP) is 2.17. The third kappa shape index (κ3) is 4.36. The normalized spacial score (nSPS) is 10.4. The van der Waals surface area contributed by atoms with Gasteiger partial charge in [0.1, 0.15) is 0 Å². The number of halogens is 1. The Hall–Kier alpha value is -1.86. The number of carbonyl (C=O) groups excluding carboxylic acids is 1. The number of imidazole rings is 1. The van der Waals surface area contributed by atoms with Gasteiger partial charge in [0.25, 0.3) is 0 Å². The fourth-order valence-electron chi connectivity index (χ4n) is 1.69. The number of nitrogens with zero attached hydrogens (tertiary/aromatic N) is 2. The molecule has 106 valence electrons. The van der Waals surface area contributed by atoms with E-state index in [9.17, 15) is 4.79 Å². The number of aromatic nitrogens is 2. The Labute approximate surface area is 125 Å². The van der Waals surface area contributed by atoms with Crippen LogP contribution < -0.4 is 11.2 Å². The Balaban J connectivity index is 1.83. The molecule has 0 spiro atoms. The number of rotatable bonds is 6. The largest absolute Gasteiger partial charge is 0.350 e. The van der Waals surface area contributed by atoms with Gasteiger partial charge in [-0.3, -0.25) is 4.84 Å². The van der Waals surface area contributed by atoms with E-state index < -0.39 is 6.03 Å². The highest BCUT2D eigenvalue weighted by molar-refractivity contribution is 9.10. The summed E-state index contributed by atoms with van der Waals surface area (Å²) in [6.07, 6.45) is 5.27. The lowest BCUT2D eigenvalue weighted by Gasteiger charge is -2.02. The summed E-state index contributed by atoms with van der Waals surface area (Å²) in [7, 11) is 0. The Morgan fingerprint density at radius 1 is 1.40 bits per heavy atom. The van der Waals surface area contributed by atoms with Gasteiger partial charge < -0.3 is 10.3 Å². The van der Waals surface area contributed by atoms with Crippen molar-refractivity contribution in [3.8, 4) is 5.69 Å². The second-order valence-electron chi connectivity index (χ2n) is 4.17. The van der Waals surface area contributed by atoms with Crippen molar-refractivity contribution in [1.29, 1.82) is 0 Å². The van der Waals surface area contributed by atoms with Gasteiger partial charge in [0.15, 0.2) is 0 Å². The van der Waals surface area contributed by atoms with Crippen LogP contribution in [-0.4, -0.2) is 22.2 Å². The molecule has 20 heavy (non-hydrogen) atoms. The lowest BCUT2D eigenvalue weighted by atomic mass is 10.2. The third-order valence-corrected chi connectivity index (χ3v) is 3.14. The van der Waals surface area contributed by atoms with Crippen LogP contribution in [0.5, 0.6) is 0 Å². The highest BCUT2D eigenvalue weighted by Gasteiger charge is 2.01. The maximum absolute atomic E-state index is 10.4. The number of aryl methyl sites for hydroxylation is 1. The van der Waals surface area contributed by atoms with Gasteiger partial charge in [-0.25, -0.2) is 15.3 Å². The van der Waals surface area contributed by atoms with Crippen LogP contribution in [0.3, 0.4) is 0 Å². The minimum absolute atomic E-state index is 0.397. The molecule has 2 rings (SSSR count). The topological polar surface area (TPSA) is 82.2 Å². The fraction of sp³-hybridized carbons (Fsp3) is 0.231. The van der Waals surface area contributed by atoms with Gasteiger partial charge >= 0.3 is 6.03 Å². The van der Waals surface area contributed by atoms with Crippen molar-refractivity contribution >= 4 is 22.0 Å². The van der Waals surface area contributed by atoms with Crippen LogP contribution in [0.2, 0.25) is 0 Å². The maximum Gasteiger partial charge on any atom is 0.336 e. The Morgan fingerprint density at radius 3 is 2.85 bits per heavy atom. The number of hydrogen-bond acceptors (Lipinski definition) is 3. The number of primary amides is 1. The molecule has 2 amide bonds. The second kappa shape index (κ2) is 7.06. The zero-order valence-electron chi connectivity index (χ0n) is 10.8. The van der Waals surface area contributed by atoms with E-state index in [2.05, 4.69) is 26.4 Å². The average Bonchev–Trinajstić information content (AvgIpc) is 2.87. The SMILES string of the molecule is NC(=O)NOCCCc1cn(-c2ccc(Br)cc2)cn1. The van der Waals surface area contributed by atoms with Crippen LogP contribution in [0.25, 0.3) is 5.69 Å². The van der Waals surface area contributed by atoms with Crippen molar-refractivity contribution in [3.05, 3.63) is 47.0 Å². The first-order valence-electron chi connectivity index (χ1n) is 6.11. The van der Waals surface area contributed by atoms with E-state index >= 15 is 0 Å². The maximum atomic E-state index is 10.4. The molecule has 0 aliphatic rings. The zero-order chi connectivity index (χ0) is 14.4. The number of hydroxylamine groups is 1. The summed E-state index contributed by atoms with van der Waals surface area (Å²) in [4.78, 5) is 19.6. The number of nitrogens with two attached hydrogens (primary N) is 1. The molecule has 0 radical (unpaired) electrons. The molecule has 0 aliphatic heterocycles. The Morgan fingerprint density at radius 2 is 2.15 bits per heavy atom. The van der Waals surface area contributed by atoms with Gasteiger partial charge in [-0.1, -0.05) is 15.9 Å². The first kappa shape index (κ1) is 14.5. The zero-order valence-corrected chi connectivity index (χ0v) is 12.3. The number of urea groups is 1. The molecular weight excluding hydrogens is 324 g/mol. The monoisotopic (exact) mass is 338 g/mol. The van der Waals surface area contributed by atoms with Crippen molar-refractivity contribution in [2.75, 3.05) is 6.61 Å². The number of benzene rings is 1. The molecule has 1 heterocycles. The first-order chi connectivity index (χ1) is 9.65. The van der Waals surface area contributed by atoms with Crippen molar-refractivity contribution in [2.24, 2.45) is 5.73 Å². The van der Waals surface area contributed by atoms with E-state index in [1.165, 1.54) is 0 Å². The predicted molar refractivity (Wildman–Crippen MR) is 78.3 cm³/mol. The second-order valence-corrected chi connectivity index (χ2v) is 5.08. The minimum atomic E-state index is -0.690. The van der Waals surface area contributed by atoms with Crippen LogP contribution >= 0.6 is 15.9 Å². The summed E-state index contributed by atoms with van der Waals surface area (Å²) in [5.41, 5.74) is 8.97. The van der Waals surface area contributed by atoms with Crippen LogP contribution in [0.15, 0.2) is 41.3 Å². The first-order valence-corrected chi connectivity index (χ1v) is 6.90. The molecule has 0 atom stereocenters. The van der Waals surface area contributed by atoms with Crippen LogP contribution in [-0.2, 0) is 11.3 Å². The number of hydrogen-bond donors (Lipinski definition) is 2. The molecule has 0 fully saturated rings. The third-order valence-electron chi connectivity index (χ3n) is 2.61. The summed E-state index contributed by atoms with van der Waals surface area (Å²) in [6.45, 7) is 0.397. The van der Waals surface area contributed by atoms with Crippen LogP contribution in [0, 0.1) is 0 Å². The minimum Gasteiger partial charge on any atom is -0.350 e. The van der Waals surface area contributed by atoms with E-state index in [1.807, 2.05) is 35.0 Å². The highest BCUT2D eigenvalue weighted by Crippen LogP contribution is 2.14. The highest BCUT2D eigenvalue weighted by atomic mass is 79.9. The van der Waals surface area contributed by atoms with Crippen molar-refractivity contribution in [1.82, 2.24) is 15.0 Å². The molecule has 0 saturated heterocycles. The molecule has 0 aliphatic carbocycles. The molecule has 0 saturated carbocycles. The van der Waals surface area contributed by atoms with Crippen molar-refractivity contribution in [2.45, 2.75) is 12.8 Å². The molecule has 6 nitrogen and oxygen atoms in total. The van der Waals surface area contributed by atoms with Crippen molar-refractivity contribution in [3.63, 3.8) is 0 Å². The van der Waals surface area contributed by atoms with Gasteiger partial charge in [0.05, 0.1) is 18.6 Å². The van der Waals surface area contributed by atoms with E-state index in [0.717, 1.165) is 28.7 Å². The summed E-state index contributed by atoms with van der Waals surface area (Å²) in [6, 6.07) is 7.30. The molecule has 7 heteroatoms. The lowest BCUT2D eigenvalue weighted by molar-refractivity contribution is 0.0628. The van der Waals surface area contributed by atoms with Gasteiger partial charge in [0, 0.05) is 16.4 Å². The summed E-state index contributed by atoms with van der Waals surface area (Å²) in [5.74, 6) is 0. The molecule has 0 unspecified atom stereocenters. The average molecular weight is 339 g/mol. The Bertz CT molecular complexity index is 568. The molecular formula is C13H15BrN4O2. The molecule has 3 N–H and O–H groups in total.